The van der Waals surface area contributed by atoms with Crippen molar-refractivity contribution in [3.8, 4) is 0 Å². The zero-order chi connectivity index (χ0) is 13.2. The highest BCUT2D eigenvalue weighted by atomic mass is 16.6. The Morgan fingerprint density at radius 3 is 2.84 bits per heavy atom. The Labute approximate surface area is 110 Å². The SMILES string of the molecule is COC(=O)Cc1coc([C@H]2O[C@H]2c2ccccc2)n1. The molecule has 0 bridgehead atoms. The highest BCUT2D eigenvalue weighted by molar-refractivity contribution is 5.71. The summed E-state index contributed by atoms with van der Waals surface area (Å²) >= 11 is 0. The van der Waals surface area contributed by atoms with Gasteiger partial charge in [-0.1, -0.05) is 30.3 Å². The number of hydrogen-bond donors (Lipinski definition) is 0. The minimum atomic E-state index is -0.337. The van der Waals surface area contributed by atoms with E-state index in [2.05, 4.69) is 9.72 Å². The normalized spacial score (nSPS) is 21.1. The molecule has 2 heterocycles. The van der Waals surface area contributed by atoms with Crippen molar-refractivity contribution in [2.75, 3.05) is 7.11 Å². The molecule has 1 aromatic heterocycles. The van der Waals surface area contributed by atoms with Crippen molar-refractivity contribution in [1.82, 2.24) is 4.98 Å². The van der Waals surface area contributed by atoms with E-state index in [1.165, 1.54) is 13.4 Å². The van der Waals surface area contributed by atoms with Gasteiger partial charge in [0.1, 0.15) is 12.4 Å². The molecule has 0 spiro atoms. The second kappa shape index (κ2) is 4.85. The molecule has 5 heteroatoms. The quantitative estimate of drug-likeness (QED) is 0.622. The third-order valence-electron chi connectivity index (χ3n) is 2.99. The van der Waals surface area contributed by atoms with Gasteiger partial charge in [0.25, 0.3) is 0 Å². The number of methoxy groups -OCH3 is 1. The van der Waals surface area contributed by atoms with E-state index in [0.29, 0.717) is 11.6 Å². The maximum atomic E-state index is 11.1. The molecule has 0 radical (unpaired) electrons. The number of ether oxygens (including phenoxy) is 2. The lowest BCUT2D eigenvalue weighted by molar-refractivity contribution is -0.139. The molecule has 3 rings (SSSR count). The number of oxazole rings is 1. The number of aromatic nitrogens is 1. The van der Waals surface area contributed by atoms with Crippen molar-refractivity contribution in [2.24, 2.45) is 0 Å². The Hall–Kier alpha value is -2.14. The average Bonchev–Trinajstić information content (AvgIpc) is 3.13. The molecule has 0 N–H and O–H groups in total. The second-order valence-corrected chi connectivity index (χ2v) is 4.32. The van der Waals surface area contributed by atoms with E-state index in [4.69, 9.17) is 9.15 Å². The largest absolute Gasteiger partial charge is 0.469 e. The van der Waals surface area contributed by atoms with Gasteiger partial charge in [-0.05, 0) is 5.56 Å². The van der Waals surface area contributed by atoms with E-state index in [0.717, 1.165) is 5.56 Å². The lowest BCUT2D eigenvalue weighted by atomic mass is 10.1. The van der Waals surface area contributed by atoms with Crippen molar-refractivity contribution >= 4 is 5.97 Å². The van der Waals surface area contributed by atoms with Crippen LogP contribution in [0.3, 0.4) is 0 Å². The first-order valence-electron chi connectivity index (χ1n) is 5.99. The topological polar surface area (TPSA) is 64.9 Å². The summed E-state index contributed by atoms with van der Waals surface area (Å²) in [4.78, 5) is 15.4. The van der Waals surface area contributed by atoms with Crippen LogP contribution in [0.5, 0.6) is 0 Å². The fraction of sp³-hybridized carbons (Fsp3) is 0.286. The minimum absolute atomic E-state index is 0.00849. The summed E-state index contributed by atoms with van der Waals surface area (Å²) in [6, 6.07) is 9.89. The van der Waals surface area contributed by atoms with Crippen LogP contribution < -0.4 is 0 Å². The van der Waals surface area contributed by atoms with Gasteiger partial charge in [0.15, 0.2) is 6.10 Å². The van der Waals surface area contributed by atoms with Gasteiger partial charge in [0.05, 0.1) is 19.2 Å². The number of hydrogen-bond acceptors (Lipinski definition) is 5. The van der Waals surface area contributed by atoms with Gasteiger partial charge in [0, 0.05) is 0 Å². The molecule has 98 valence electrons. The standard InChI is InChI=1S/C14H13NO4/c1-17-11(16)7-10-8-18-14(15-10)13-12(19-13)9-5-3-2-4-6-9/h2-6,8,12-13H,7H2,1H3/t12-,13-/m0/s1. The molecular formula is C14H13NO4. The van der Waals surface area contributed by atoms with Crippen LogP contribution in [0.1, 0.15) is 29.4 Å². The molecule has 1 saturated heterocycles. The van der Waals surface area contributed by atoms with Gasteiger partial charge in [0.2, 0.25) is 5.89 Å². The number of esters is 1. The van der Waals surface area contributed by atoms with Crippen molar-refractivity contribution in [3.05, 3.63) is 53.7 Å². The molecule has 19 heavy (non-hydrogen) atoms. The molecule has 1 fully saturated rings. The lowest BCUT2D eigenvalue weighted by Gasteiger charge is -1.93. The number of carbonyl (C=O) groups is 1. The summed E-state index contributed by atoms with van der Waals surface area (Å²) < 4.78 is 15.5. The van der Waals surface area contributed by atoms with Gasteiger partial charge in [-0.15, -0.1) is 0 Å². The van der Waals surface area contributed by atoms with Gasteiger partial charge in [-0.3, -0.25) is 4.79 Å². The molecule has 0 aliphatic carbocycles. The number of nitrogens with zero attached hydrogens (tertiary/aromatic N) is 1. The van der Waals surface area contributed by atoms with Gasteiger partial charge in [-0.25, -0.2) is 4.98 Å². The number of rotatable bonds is 4. The first-order chi connectivity index (χ1) is 9.28. The van der Waals surface area contributed by atoms with Crippen LogP contribution in [-0.2, 0) is 20.7 Å². The summed E-state index contributed by atoms with van der Waals surface area (Å²) in [5, 5.41) is 0. The monoisotopic (exact) mass is 259 g/mol. The van der Waals surface area contributed by atoms with Crippen LogP contribution in [0.25, 0.3) is 0 Å². The predicted octanol–water partition coefficient (Wildman–Crippen LogP) is 2.20. The predicted molar refractivity (Wildman–Crippen MR) is 65.2 cm³/mol. The summed E-state index contributed by atoms with van der Waals surface area (Å²) in [7, 11) is 1.35. The molecular weight excluding hydrogens is 246 g/mol. The summed E-state index contributed by atoms with van der Waals surface area (Å²) in [6.45, 7) is 0. The van der Waals surface area contributed by atoms with Gasteiger partial charge >= 0.3 is 5.97 Å². The lowest BCUT2D eigenvalue weighted by Crippen LogP contribution is -2.04. The maximum Gasteiger partial charge on any atom is 0.311 e. The first kappa shape index (κ1) is 11.9. The summed E-state index contributed by atoms with van der Waals surface area (Å²) in [6.07, 6.45) is 1.42. The van der Waals surface area contributed by atoms with Crippen LogP contribution >= 0.6 is 0 Å². The van der Waals surface area contributed by atoms with Gasteiger partial charge < -0.3 is 13.9 Å². The molecule has 2 aromatic rings. The van der Waals surface area contributed by atoms with E-state index < -0.39 is 0 Å². The van der Waals surface area contributed by atoms with Crippen LogP contribution in [0.15, 0.2) is 41.0 Å². The van der Waals surface area contributed by atoms with Gasteiger partial charge in [-0.2, -0.15) is 0 Å². The maximum absolute atomic E-state index is 11.1. The Balaban J connectivity index is 1.67. The molecule has 0 saturated carbocycles. The first-order valence-corrected chi connectivity index (χ1v) is 5.99. The third kappa shape index (κ3) is 2.51. The van der Waals surface area contributed by atoms with E-state index in [9.17, 15) is 4.79 Å². The second-order valence-electron chi connectivity index (χ2n) is 4.32. The highest BCUT2D eigenvalue weighted by Gasteiger charge is 2.45. The summed E-state index contributed by atoms with van der Waals surface area (Å²) in [5.41, 5.74) is 1.66. The van der Waals surface area contributed by atoms with E-state index in [1.54, 1.807) is 0 Å². The van der Waals surface area contributed by atoms with Crippen molar-refractivity contribution in [1.29, 1.82) is 0 Å². The molecule has 5 nitrogen and oxygen atoms in total. The zero-order valence-corrected chi connectivity index (χ0v) is 10.4. The number of benzene rings is 1. The summed E-state index contributed by atoms with van der Waals surface area (Å²) in [5.74, 6) is 0.170. The van der Waals surface area contributed by atoms with Crippen LogP contribution in [0.2, 0.25) is 0 Å². The van der Waals surface area contributed by atoms with Crippen molar-refractivity contribution in [2.45, 2.75) is 18.6 Å². The highest BCUT2D eigenvalue weighted by Crippen LogP contribution is 2.50. The number of epoxide rings is 1. The smallest absolute Gasteiger partial charge is 0.311 e. The molecule has 0 unspecified atom stereocenters. The minimum Gasteiger partial charge on any atom is -0.469 e. The molecule has 0 amide bonds. The zero-order valence-electron chi connectivity index (χ0n) is 10.4. The Morgan fingerprint density at radius 2 is 2.11 bits per heavy atom. The van der Waals surface area contributed by atoms with Crippen LogP contribution in [0, 0.1) is 0 Å². The Morgan fingerprint density at radius 1 is 1.32 bits per heavy atom. The fourth-order valence-electron chi connectivity index (χ4n) is 1.95. The van der Waals surface area contributed by atoms with E-state index in [-0.39, 0.29) is 24.6 Å². The van der Waals surface area contributed by atoms with Crippen LogP contribution in [0.4, 0.5) is 0 Å². The van der Waals surface area contributed by atoms with Crippen LogP contribution in [-0.4, -0.2) is 18.1 Å². The molecule has 1 aromatic carbocycles. The van der Waals surface area contributed by atoms with E-state index >= 15 is 0 Å². The number of carbonyl (C=O) groups excluding carboxylic acids is 1. The average molecular weight is 259 g/mol. The molecule has 1 aliphatic heterocycles. The van der Waals surface area contributed by atoms with Crippen molar-refractivity contribution in [3.63, 3.8) is 0 Å². The van der Waals surface area contributed by atoms with Crippen molar-refractivity contribution < 1.29 is 18.7 Å². The fourth-order valence-corrected chi connectivity index (χ4v) is 1.95. The Bertz CT molecular complexity index is 578. The Kier molecular flexibility index (Phi) is 3.05. The molecule has 1 aliphatic rings. The third-order valence-corrected chi connectivity index (χ3v) is 2.99. The van der Waals surface area contributed by atoms with E-state index in [1.807, 2.05) is 30.3 Å². The molecule has 2 atom stereocenters.